The lowest BCUT2D eigenvalue weighted by atomic mass is 10.1. The van der Waals surface area contributed by atoms with E-state index in [2.05, 4.69) is 18.5 Å². The van der Waals surface area contributed by atoms with Crippen LogP contribution in [0.4, 0.5) is 0 Å². The topological polar surface area (TPSA) is 98.3 Å². The molecule has 0 aliphatic heterocycles. The molecule has 0 saturated heterocycles. The Morgan fingerprint density at radius 1 is 0.966 bits per heavy atom. The lowest BCUT2D eigenvalue weighted by Crippen LogP contribution is -2.55. The summed E-state index contributed by atoms with van der Waals surface area (Å²) in [5.74, 6) is -0.177. The largest absolute Gasteiger partial charge is 0.355 e. The molecule has 0 radical (unpaired) electrons. The minimum absolute atomic E-state index is 0.000239. The highest BCUT2D eigenvalue weighted by Gasteiger charge is 2.15. The lowest BCUT2D eigenvalue weighted by molar-refractivity contribution is 0.0963. The summed E-state index contributed by atoms with van der Waals surface area (Å²) in [5, 5.41) is 2.56. The van der Waals surface area contributed by atoms with Crippen molar-refractivity contribution in [1.29, 1.82) is 0 Å². The minimum Gasteiger partial charge on any atom is -0.355 e. The minimum atomic E-state index is -0.693. The van der Waals surface area contributed by atoms with Gasteiger partial charge in [0.1, 0.15) is 0 Å². The van der Waals surface area contributed by atoms with E-state index in [1.165, 1.54) is 12.2 Å². The van der Waals surface area contributed by atoms with Gasteiger partial charge in [0.2, 0.25) is 0 Å². The molecule has 9 nitrogen and oxygen atoms in total. The molecule has 1 aromatic heterocycles. The first-order chi connectivity index (χ1) is 13.8. The van der Waals surface area contributed by atoms with E-state index in [-0.39, 0.29) is 25.7 Å². The van der Waals surface area contributed by atoms with Crippen molar-refractivity contribution in [3.63, 3.8) is 0 Å². The first kappa shape index (κ1) is 21.8. The maximum absolute atomic E-state index is 12.7. The molecule has 9 heteroatoms. The molecule has 154 valence electrons. The fourth-order valence-electron chi connectivity index (χ4n) is 2.88. The van der Waals surface area contributed by atoms with Crippen molar-refractivity contribution in [3.05, 3.63) is 92.2 Å². The summed E-state index contributed by atoms with van der Waals surface area (Å²) >= 11 is 0. The Kier molecular flexibility index (Phi) is 7.27. The molecule has 1 amide bonds. The fourth-order valence-corrected chi connectivity index (χ4v) is 2.88. The zero-order chi connectivity index (χ0) is 21.6. The van der Waals surface area contributed by atoms with Gasteiger partial charge in [-0.2, -0.15) is 0 Å². The summed E-state index contributed by atoms with van der Waals surface area (Å²) in [6, 6.07) is 7.02. The summed E-state index contributed by atoms with van der Waals surface area (Å²) in [4.78, 5) is 51.1. The number of benzene rings is 1. The molecule has 2 aromatic rings. The molecule has 0 unspecified atom stereocenters. The zero-order valence-electron chi connectivity index (χ0n) is 16.6. The van der Waals surface area contributed by atoms with Crippen LogP contribution in [0.3, 0.4) is 0 Å². The molecule has 0 fully saturated rings. The third-order valence-corrected chi connectivity index (χ3v) is 4.29. The maximum Gasteiger partial charge on any atom is 0.337 e. The SMILES string of the molecule is C=CCn1c(=O)n(CC=C)c(=O)n(CN(C)Cc2ccc(C(=O)NC)cc2)c1=O. The highest BCUT2D eigenvalue weighted by Crippen LogP contribution is 2.07. The number of hydrogen-bond acceptors (Lipinski definition) is 5. The molecule has 1 heterocycles. The number of aromatic nitrogens is 3. The van der Waals surface area contributed by atoms with E-state index in [0.29, 0.717) is 12.1 Å². The summed E-state index contributed by atoms with van der Waals surface area (Å²) in [6.45, 7) is 7.53. The van der Waals surface area contributed by atoms with Crippen LogP contribution in [0.1, 0.15) is 15.9 Å². The summed E-state index contributed by atoms with van der Waals surface area (Å²) < 4.78 is 2.93. The van der Waals surface area contributed by atoms with Crippen molar-refractivity contribution >= 4 is 5.91 Å². The van der Waals surface area contributed by atoms with E-state index in [1.807, 2.05) is 0 Å². The second-order valence-corrected chi connectivity index (χ2v) is 6.51. The van der Waals surface area contributed by atoms with Gasteiger partial charge in [-0.15, -0.1) is 13.2 Å². The van der Waals surface area contributed by atoms with E-state index in [9.17, 15) is 19.2 Å². The first-order valence-electron chi connectivity index (χ1n) is 8.99. The van der Waals surface area contributed by atoms with Gasteiger partial charge in [-0.3, -0.25) is 9.69 Å². The predicted molar refractivity (Wildman–Crippen MR) is 111 cm³/mol. The Balaban J connectivity index is 2.32. The van der Waals surface area contributed by atoms with Crippen molar-refractivity contribution in [2.24, 2.45) is 0 Å². The Morgan fingerprint density at radius 3 is 1.90 bits per heavy atom. The van der Waals surface area contributed by atoms with Gasteiger partial charge in [-0.05, 0) is 24.7 Å². The Morgan fingerprint density at radius 2 is 1.45 bits per heavy atom. The molecule has 2 rings (SSSR count). The van der Waals surface area contributed by atoms with Crippen molar-refractivity contribution in [2.45, 2.75) is 26.3 Å². The van der Waals surface area contributed by atoms with Gasteiger partial charge in [0.05, 0.1) is 19.8 Å². The molecule has 0 atom stereocenters. The lowest BCUT2D eigenvalue weighted by Gasteiger charge is -2.19. The van der Waals surface area contributed by atoms with E-state index in [4.69, 9.17) is 0 Å². The standard InChI is InChI=1S/C20H25N5O4/c1-5-11-23-18(27)24(12-6-2)20(29)25(19(23)28)14-22(4)13-15-7-9-16(10-8-15)17(26)21-3/h5-10H,1-2,11-14H2,3-4H3,(H,21,26). The monoisotopic (exact) mass is 399 g/mol. The number of carbonyl (C=O) groups excluding carboxylic acids is 1. The first-order valence-corrected chi connectivity index (χ1v) is 8.99. The average Bonchev–Trinajstić information content (AvgIpc) is 2.71. The van der Waals surface area contributed by atoms with Crippen LogP contribution in [0.25, 0.3) is 0 Å². The summed E-state index contributed by atoms with van der Waals surface area (Å²) in [5.41, 5.74) is -0.634. The molecule has 0 aliphatic carbocycles. The highest BCUT2D eigenvalue weighted by atomic mass is 16.2. The van der Waals surface area contributed by atoms with Crippen molar-refractivity contribution < 1.29 is 4.79 Å². The van der Waals surface area contributed by atoms with Crippen LogP contribution in [0, 0.1) is 0 Å². The number of amides is 1. The molecular formula is C20H25N5O4. The normalized spacial score (nSPS) is 10.7. The second-order valence-electron chi connectivity index (χ2n) is 6.51. The van der Waals surface area contributed by atoms with E-state index in [1.54, 1.807) is 43.3 Å². The highest BCUT2D eigenvalue weighted by molar-refractivity contribution is 5.93. The molecule has 0 spiro atoms. The third-order valence-electron chi connectivity index (χ3n) is 4.29. The number of nitrogens with one attached hydrogen (secondary N) is 1. The van der Waals surface area contributed by atoms with Gasteiger partial charge in [0, 0.05) is 19.2 Å². The molecule has 0 saturated carbocycles. The molecule has 0 aliphatic rings. The average molecular weight is 399 g/mol. The summed E-state index contributed by atoms with van der Waals surface area (Å²) in [7, 11) is 3.31. The van der Waals surface area contributed by atoms with Crippen molar-refractivity contribution in [1.82, 2.24) is 23.9 Å². The van der Waals surface area contributed by atoms with Crippen LogP contribution in [0.2, 0.25) is 0 Å². The second kappa shape index (κ2) is 9.65. The Bertz CT molecular complexity index is 1030. The van der Waals surface area contributed by atoms with Gasteiger partial charge in [-0.1, -0.05) is 24.3 Å². The molecule has 29 heavy (non-hydrogen) atoms. The van der Waals surface area contributed by atoms with Crippen LogP contribution in [0.5, 0.6) is 0 Å². The van der Waals surface area contributed by atoms with E-state index < -0.39 is 17.1 Å². The number of nitrogens with zero attached hydrogens (tertiary/aromatic N) is 4. The molecule has 1 aromatic carbocycles. The van der Waals surface area contributed by atoms with Crippen molar-refractivity contribution in [2.75, 3.05) is 14.1 Å². The number of hydrogen-bond donors (Lipinski definition) is 1. The van der Waals surface area contributed by atoms with Gasteiger partial charge in [0.15, 0.2) is 0 Å². The Hall–Kier alpha value is -3.46. The molecule has 0 bridgehead atoms. The maximum atomic E-state index is 12.7. The number of rotatable bonds is 9. The third kappa shape index (κ3) is 4.88. The summed E-state index contributed by atoms with van der Waals surface area (Å²) in [6.07, 6.45) is 2.85. The smallest absolute Gasteiger partial charge is 0.337 e. The van der Waals surface area contributed by atoms with Gasteiger partial charge < -0.3 is 5.32 Å². The molecular weight excluding hydrogens is 374 g/mol. The number of allylic oxidation sites excluding steroid dienone is 2. The quantitative estimate of drug-likeness (QED) is 0.598. The van der Waals surface area contributed by atoms with E-state index >= 15 is 0 Å². The van der Waals surface area contributed by atoms with Gasteiger partial charge >= 0.3 is 17.1 Å². The van der Waals surface area contributed by atoms with E-state index in [0.717, 1.165) is 19.3 Å². The van der Waals surface area contributed by atoms with Gasteiger partial charge in [0.25, 0.3) is 5.91 Å². The van der Waals surface area contributed by atoms with Crippen LogP contribution in [0.15, 0.2) is 64.0 Å². The molecule has 1 N–H and O–H groups in total. The van der Waals surface area contributed by atoms with Crippen LogP contribution in [-0.4, -0.2) is 38.6 Å². The van der Waals surface area contributed by atoms with Crippen LogP contribution >= 0.6 is 0 Å². The zero-order valence-corrected chi connectivity index (χ0v) is 16.6. The van der Waals surface area contributed by atoms with Crippen LogP contribution < -0.4 is 22.4 Å². The predicted octanol–water partition coefficient (Wildman–Crippen LogP) is -0.00720. The van der Waals surface area contributed by atoms with Crippen LogP contribution in [-0.2, 0) is 26.3 Å². The number of carbonyl (C=O) groups is 1. The fraction of sp³-hybridized carbons (Fsp3) is 0.300. The Labute approximate surface area is 167 Å². The van der Waals surface area contributed by atoms with Crippen molar-refractivity contribution in [3.8, 4) is 0 Å². The van der Waals surface area contributed by atoms with Gasteiger partial charge in [-0.25, -0.2) is 28.1 Å².